The average molecular weight is 395 g/mol. The van der Waals surface area contributed by atoms with Gasteiger partial charge in [0.1, 0.15) is 18.7 Å². The highest BCUT2D eigenvalue weighted by molar-refractivity contribution is 5.91. The molecule has 1 fully saturated rings. The molecule has 0 saturated carbocycles. The maximum absolute atomic E-state index is 12.8. The highest BCUT2D eigenvalue weighted by Gasteiger charge is 2.28. The molecule has 1 aliphatic heterocycles. The Morgan fingerprint density at radius 2 is 1.69 bits per heavy atom. The topological polar surface area (TPSA) is 96.5 Å². The van der Waals surface area contributed by atoms with Crippen LogP contribution in [0.2, 0.25) is 0 Å². The van der Waals surface area contributed by atoms with Gasteiger partial charge >= 0.3 is 6.09 Å². The number of rotatable bonds is 7. The van der Waals surface area contributed by atoms with Crippen molar-refractivity contribution < 1.29 is 19.1 Å². The molecule has 7 nitrogen and oxygen atoms in total. The van der Waals surface area contributed by atoms with Crippen molar-refractivity contribution >= 4 is 17.9 Å². The number of carbonyl (C=O) groups excluding carboxylic acids is 3. The largest absolute Gasteiger partial charge is 0.445 e. The Morgan fingerprint density at radius 3 is 2.34 bits per heavy atom. The molecule has 3 N–H and O–H groups in total. The molecule has 0 radical (unpaired) electrons. The Labute approximate surface area is 169 Å². The lowest BCUT2D eigenvalue weighted by molar-refractivity contribution is -0.131. The number of piperidine rings is 1. The smallest absolute Gasteiger partial charge is 0.408 e. The van der Waals surface area contributed by atoms with Crippen LogP contribution in [0.5, 0.6) is 0 Å². The van der Waals surface area contributed by atoms with Gasteiger partial charge in [-0.05, 0) is 24.0 Å². The lowest BCUT2D eigenvalue weighted by Crippen LogP contribution is -2.56. The number of hydrogen-bond acceptors (Lipinski definition) is 4. The third-order valence-corrected chi connectivity index (χ3v) is 4.71. The zero-order chi connectivity index (χ0) is 20.5. The summed E-state index contributed by atoms with van der Waals surface area (Å²) in [6, 6.07) is 17.2. The average Bonchev–Trinajstić information content (AvgIpc) is 2.75. The van der Waals surface area contributed by atoms with E-state index in [0.29, 0.717) is 19.4 Å². The Hall–Kier alpha value is -3.35. The molecular weight excluding hydrogens is 370 g/mol. The second kappa shape index (κ2) is 10.3. The molecule has 2 aromatic carbocycles. The van der Waals surface area contributed by atoms with Crippen molar-refractivity contribution in [1.29, 1.82) is 0 Å². The van der Waals surface area contributed by atoms with E-state index in [1.165, 1.54) is 0 Å². The number of amides is 3. The van der Waals surface area contributed by atoms with Crippen molar-refractivity contribution in [3.05, 3.63) is 71.8 Å². The number of alkyl carbamates (subject to hydrolysis) is 1. The first-order valence-corrected chi connectivity index (χ1v) is 9.71. The number of ether oxygens (including phenoxy) is 1. The number of nitrogens with one attached hydrogen (secondary N) is 3. The molecule has 0 aliphatic carbocycles. The molecule has 1 aliphatic rings. The van der Waals surface area contributed by atoms with Gasteiger partial charge in [-0.1, -0.05) is 60.7 Å². The van der Waals surface area contributed by atoms with Crippen molar-refractivity contribution in [3.8, 4) is 0 Å². The zero-order valence-corrected chi connectivity index (χ0v) is 16.1. The molecule has 3 amide bonds. The van der Waals surface area contributed by atoms with E-state index >= 15 is 0 Å². The summed E-state index contributed by atoms with van der Waals surface area (Å²) in [5, 5.41) is 8.12. The fourth-order valence-electron chi connectivity index (χ4n) is 3.15. The number of hydrogen-bond donors (Lipinski definition) is 3. The fourth-order valence-corrected chi connectivity index (χ4v) is 3.15. The first-order chi connectivity index (χ1) is 14.1. The highest BCUT2D eigenvalue weighted by Crippen LogP contribution is 2.08. The molecule has 0 spiro atoms. The molecule has 0 unspecified atom stereocenters. The van der Waals surface area contributed by atoms with Crippen LogP contribution in [0, 0.1) is 0 Å². The highest BCUT2D eigenvalue weighted by atomic mass is 16.5. The van der Waals surface area contributed by atoms with Crippen molar-refractivity contribution in [3.63, 3.8) is 0 Å². The minimum absolute atomic E-state index is 0.109. The van der Waals surface area contributed by atoms with Gasteiger partial charge in [-0.15, -0.1) is 0 Å². The van der Waals surface area contributed by atoms with Gasteiger partial charge in [0.15, 0.2) is 0 Å². The molecule has 0 bridgehead atoms. The lowest BCUT2D eigenvalue weighted by atomic mass is 10.0. The Kier molecular flexibility index (Phi) is 7.22. The summed E-state index contributed by atoms with van der Waals surface area (Å²) >= 11 is 0. The molecule has 0 aromatic heterocycles. The van der Waals surface area contributed by atoms with Gasteiger partial charge in [-0.25, -0.2) is 4.79 Å². The minimum Gasteiger partial charge on any atom is -0.445 e. The van der Waals surface area contributed by atoms with Crippen LogP contribution in [0.15, 0.2) is 60.7 Å². The predicted molar refractivity (Wildman–Crippen MR) is 108 cm³/mol. The van der Waals surface area contributed by atoms with E-state index in [-0.39, 0.29) is 12.5 Å². The summed E-state index contributed by atoms with van der Waals surface area (Å²) in [4.78, 5) is 37.0. The quantitative estimate of drug-likeness (QED) is 0.667. The maximum atomic E-state index is 12.8. The van der Waals surface area contributed by atoms with E-state index in [1.54, 1.807) is 0 Å². The van der Waals surface area contributed by atoms with Crippen LogP contribution in [0.1, 0.15) is 24.0 Å². The zero-order valence-electron chi connectivity index (χ0n) is 16.1. The van der Waals surface area contributed by atoms with Crippen molar-refractivity contribution in [2.45, 2.75) is 38.0 Å². The van der Waals surface area contributed by atoms with Crippen LogP contribution >= 0.6 is 0 Å². The predicted octanol–water partition coefficient (Wildman–Crippen LogP) is 1.92. The normalized spacial score (nSPS) is 17.0. The molecule has 2 atom stereocenters. The molecular formula is C22H25N3O4. The van der Waals surface area contributed by atoms with Crippen LogP contribution in [0.4, 0.5) is 4.79 Å². The molecule has 2 aromatic rings. The van der Waals surface area contributed by atoms with Gasteiger partial charge in [-0.3, -0.25) is 9.59 Å². The summed E-state index contributed by atoms with van der Waals surface area (Å²) in [6.07, 6.45) is 0.986. The number of benzene rings is 2. The monoisotopic (exact) mass is 395 g/mol. The maximum Gasteiger partial charge on any atom is 0.408 e. The Balaban J connectivity index is 1.62. The van der Waals surface area contributed by atoms with Crippen molar-refractivity contribution in [2.24, 2.45) is 0 Å². The van der Waals surface area contributed by atoms with E-state index in [1.807, 2.05) is 60.7 Å². The van der Waals surface area contributed by atoms with Crippen LogP contribution in [0.25, 0.3) is 0 Å². The minimum atomic E-state index is -0.851. The van der Waals surface area contributed by atoms with Crippen molar-refractivity contribution in [1.82, 2.24) is 16.0 Å². The van der Waals surface area contributed by atoms with Gasteiger partial charge in [0.05, 0.1) is 0 Å². The molecule has 152 valence electrons. The van der Waals surface area contributed by atoms with Gasteiger partial charge in [0.25, 0.3) is 0 Å². The molecule has 3 rings (SSSR count). The van der Waals surface area contributed by atoms with Crippen LogP contribution in [-0.4, -0.2) is 36.5 Å². The van der Waals surface area contributed by atoms with E-state index in [0.717, 1.165) is 17.5 Å². The van der Waals surface area contributed by atoms with E-state index in [2.05, 4.69) is 16.0 Å². The van der Waals surface area contributed by atoms with E-state index in [4.69, 9.17) is 4.74 Å². The summed E-state index contributed by atoms with van der Waals surface area (Å²) in [5.74, 6) is -0.609. The molecule has 1 saturated heterocycles. The van der Waals surface area contributed by atoms with Crippen molar-refractivity contribution in [2.75, 3.05) is 6.54 Å². The molecule has 29 heavy (non-hydrogen) atoms. The van der Waals surface area contributed by atoms with Gasteiger partial charge in [0, 0.05) is 13.0 Å². The summed E-state index contributed by atoms with van der Waals surface area (Å²) in [7, 11) is 0. The summed E-state index contributed by atoms with van der Waals surface area (Å²) < 4.78 is 5.25. The SMILES string of the molecule is O=C(N[C@@H](Cc1ccccc1)C(=O)N[C@H]1CCCNC1=O)OCc1ccccc1. The van der Waals surface area contributed by atoms with Crippen LogP contribution < -0.4 is 16.0 Å². The summed E-state index contributed by atoms with van der Waals surface area (Å²) in [6.45, 7) is 0.722. The first-order valence-electron chi connectivity index (χ1n) is 9.71. The lowest BCUT2D eigenvalue weighted by Gasteiger charge is -2.25. The second-order valence-electron chi connectivity index (χ2n) is 6.94. The Morgan fingerprint density at radius 1 is 1.03 bits per heavy atom. The molecule has 7 heteroatoms. The van der Waals surface area contributed by atoms with Gasteiger partial charge in [0.2, 0.25) is 11.8 Å². The fraction of sp³-hybridized carbons (Fsp3) is 0.318. The summed E-state index contributed by atoms with van der Waals surface area (Å²) in [5.41, 5.74) is 1.75. The first kappa shape index (κ1) is 20.4. The van der Waals surface area contributed by atoms with Crippen LogP contribution in [-0.2, 0) is 27.4 Å². The Bertz CT molecular complexity index is 826. The standard InChI is InChI=1S/C22H25N3O4/c26-20-18(12-7-13-23-20)24-21(27)19(14-16-8-3-1-4-9-16)25-22(28)29-15-17-10-5-2-6-11-17/h1-6,8-11,18-19H,7,12-15H2,(H,23,26)(H,24,27)(H,25,28)/t18-,19-/m0/s1. The number of carbonyl (C=O) groups is 3. The molecule has 1 heterocycles. The van der Waals surface area contributed by atoms with Gasteiger partial charge in [-0.2, -0.15) is 0 Å². The third-order valence-electron chi connectivity index (χ3n) is 4.71. The van der Waals surface area contributed by atoms with E-state index in [9.17, 15) is 14.4 Å². The second-order valence-corrected chi connectivity index (χ2v) is 6.94. The third kappa shape index (κ3) is 6.34. The van der Waals surface area contributed by atoms with Crippen LogP contribution in [0.3, 0.4) is 0 Å². The van der Waals surface area contributed by atoms with E-state index < -0.39 is 24.1 Å². The van der Waals surface area contributed by atoms with Gasteiger partial charge < -0.3 is 20.7 Å².